The highest BCUT2D eigenvalue weighted by atomic mass is 19.1. The number of morpholine rings is 1. The lowest BCUT2D eigenvalue weighted by Crippen LogP contribution is -2.36. The molecule has 3 aromatic rings. The van der Waals surface area contributed by atoms with Crippen molar-refractivity contribution in [2.45, 2.75) is 13.0 Å². The molecule has 1 aromatic heterocycles. The fourth-order valence-corrected chi connectivity index (χ4v) is 3.61. The average molecular weight is 429 g/mol. The molecule has 7 nitrogen and oxygen atoms in total. The number of ether oxygens (including phenoxy) is 1. The molecule has 9 heteroatoms. The van der Waals surface area contributed by atoms with Crippen LogP contribution in [-0.4, -0.2) is 32.2 Å². The van der Waals surface area contributed by atoms with E-state index in [2.05, 4.69) is 5.32 Å². The maximum atomic E-state index is 13.5. The molecule has 1 saturated heterocycles. The zero-order valence-electron chi connectivity index (χ0n) is 16.6. The molecule has 2 aromatic carbocycles. The second kappa shape index (κ2) is 8.73. The molecule has 0 bridgehead atoms. The summed E-state index contributed by atoms with van der Waals surface area (Å²) in [6.07, 6.45) is -0.0534. The number of primary amides is 1. The van der Waals surface area contributed by atoms with Crippen molar-refractivity contribution in [2.24, 2.45) is 5.73 Å². The van der Waals surface area contributed by atoms with Gasteiger partial charge in [0.15, 0.2) is 11.3 Å². The third-order valence-corrected chi connectivity index (χ3v) is 5.00. The summed E-state index contributed by atoms with van der Waals surface area (Å²) in [6.45, 7) is 2.34. The predicted octanol–water partition coefficient (Wildman–Crippen LogP) is 2.55. The Hall–Kier alpha value is -3.46. The second-order valence-corrected chi connectivity index (χ2v) is 7.33. The molecule has 4 rings (SSSR count). The number of anilines is 2. The van der Waals surface area contributed by atoms with Crippen LogP contribution in [0.2, 0.25) is 0 Å². The van der Waals surface area contributed by atoms with Crippen molar-refractivity contribution in [3.05, 3.63) is 69.4 Å². The topological polar surface area (TPSA) is 97.8 Å². The van der Waals surface area contributed by atoms with Gasteiger partial charge in [-0.2, -0.15) is 0 Å². The first-order valence-electron chi connectivity index (χ1n) is 9.79. The van der Waals surface area contributed by atoms with Crippen LogP contribution < -0.4 is 21.4 Å². The minimum absolute atomic E-state index is 0.0534. The van der Waals surface area contributed by atoms with E-state index in [0.717, 1.165) is 18.2 Å². The molecule has 0 radical (unpaired) electrons. The van der Waals surface area contributed by atoms with E-state index >= 15 is 0 Å². The van der Waals surface area contributed by atoms with Gasteiger partial charge in [-0.15, -0.1) is 0 Å². The van der Waals surface area contributed by atoms with Gasteiger partial charge in [0.25, 0.3) is 0 Å². The molecule has 2 heterocycles. The van der Waals surface area contributed by atoms with Crippen molar-refractivity contribution in [3.8, 4) is 0 Å². The number of hydrogen-bond donors (Lipinski definition) is 2. The van der Waals surface area contributed by atoms with Gasteiger partial charge in [-0.3, -0.25) is 9.59 Å². The first kappa shape index (κ1) is 20.8. The standard InChI is InChI=1S/C22H21F2N3O4/c23-15-8-16(24)10-17(9-15)26-12-14-5-13(7-20(25)29)6-18-19(28)11-21(31-22(14)18)27-1-3-30-4-2-27/h5-6,8-11,26H,1-4,7,12H2,(H2,25,29). The number of benzene rings is 2. The Balaban J connectivity index is 1.76. The first-order valence-corrected chi connectivity index (χ1v) is 9.79. The number of nitrogens with one attached hydrogen (secondary N) is 1. The number of halogens is 2. The van der Waals surface area contributed by atoms with Gasteiger partial charge in [-0.1, -0.05) is 0 Å². The SMILES string of the molecule is NC(=O)Cc1cc(CNc2cc(F)cc(F)c2)c2oc(N3CCOCC3)cc(=O)c2c1. The summed E-state index contributed by atoms with van der Waals surface area (Å²) in [4.78, 5) is 26.2. The largest absolute Gasteiger partial charge is 0.440 e. The molecule has 1 amide bonds. The van der Waals surface area contributed by atoms with Gasteiger partial charge in [-0.25, -0.2) is 8.78 Å². The summed E-state index contributed by atoms with van der Waals surface area (Å²) < 4.78 is 38.5. The molecule has 1 aliphatic rings. The van der Waals surface area contributed by atoms with E-state index in [1.54, 1.807) is 12.1 Å². The summed E-state index contributed by atoms with van der Waals surface area (Å²) in [5, 5.41) is 3.25. The van der Waals surface area contributed by atoms with E-state index in [1.807, 2.05) is 4.90 Å². The van der Waals surface area contributed by atoms with Crippen LogP contribution in [0.1, 0.15) is 11.1 Å². The Morgan fingerprint density at radius 2 is 1.77 bits per heavy atom. The lowest BCUT2D eigenvalue weighted by atomic mass is 10.0. The number of carbonyl (C=O) groups excluding carboxylic acids is 1. The zero-order valence-corrected chi connectivity index (χ0v) is 16.6. The minimum Gasteiger partial charge on any atom is -0.440 e. The number of nitrogens with zero attached hydrogens (tertiary/aromatic N) is 1. The van der Waals surface area contributed by atoms with Crippen LogP contribution in [0.4, 0.5) is 20.4 Å². The zero-order chi connectivity index (χ0) is 22.0. The molecule has 162 valence electrons. The molecule has 0 spiro atoms. The van der Waals surface area contributed by atoms with Gasteiger partial charge in [0.2, 0.25) is 5.91 Å². The van der Waals surface area contributed by atoms with Crippen molar-refractivity contribution in [2.75, 3.05) is 36.5 Å². The molecule has 0 unspecified atom stereocenters. The third kappa shape index (κ3) is 4.83. The summed E-state index contributed by atoms with van der Waals surface area (Å²) in [5.74, 6) is -1.55. The molecular weight excluding hydrogens is 408 g/mol. The average Bonchev–Trinajstić information content (AvgIpc) is 2.72. The quantitative estimate of drug-likeness (QED) is 0.625. The van der Waals surface area contributed by atoms with E-state index in [0.29, 0.717) is 54.3 Å². The van der Waals surface area contributed by atoms with Gasteiger partial charge in [-0.05, 0) is 29.8 Å². The van der Waals surface area contributed by atoms with Gasteiger partial charge >= 0.3 is 0 Å². The molecule has 3 N–H and O–H groups in total. The summed E-state index contributed by atoms with van der Waals surface area (Å²) in [7, 11) is 0. The van der Waals surface area contributed by atoms with Crippen molar-refractivity contribution < 1.29 is 22.7 Å². The van der Waals surface area contributed by atoms with Crippen molar-refractivity contribution >= 4 is 28.4 Å². The van der Waals surface area contributed by atoms with Gasteiger partial charge in [0.05, 0.1) is 25.0 Å². The third-order valence-electron chi connectivity index (χ3n) is 5.00. The second-order valence-electron chi connectivity index (χ2n) is 7.33. The lowest BCUT2D eigenvalue weighted by Gasteiger charge is -2.27. The Morgan fingerprint density at radius 1 is 1.06 bits per heavy atom. The Labute approximate surface area is 176 Å². The molecule has 1 aliphatic heterocycles. The number of fused-ring (bicyclic) bond motifs is 1. The number of nitrogens with two attached hydrogens (primary N) is 1. The van der Waals surface area contributed by atoms with Crippen molar-refractivity contribution in [3.63, 3.8) is 0 Å². The highest BCUT2D eigenvalue weighted by Gasteiger charge is 2.18. The Bertz CT molecular complexity index is 1170. The van der Waals surface area contributed by atoms with Crippen LogP contribution in [0.5, 0.6) is 0 Å². The van der Waals surface area contributed by atoms with Crippen LogP contribution in [-0.2, 0) is 22.5 Å². The molecule has 31 heavy (non-hydrogen) atoms. The van der Waals surface area contributed by atoms with Crippen LogP contribution >= 0.6 is 0 Å². The van der Waals surface area contributed by atoms with E-state index in [4.69, 9.17) is 14.9 Å². The van der Waals surface area contributed by atoms with Crippen LogP contribution in [0, 0.1) is 11.6 Å². The smallest absolute Gasteiger partial charge is 0.221 e. The van der Waals surface area contributed by atoms with Crippen LogP contribution in [0.15, 0.2) is 45.6 Å². The van der Waals surface area contributed by atoms with Gasteiger partial charge < -0.3 is 25.1 Å². The highest BCUT2D eigenvalue weighted by molar-refractivity contribution is 5.84. The number of amides is 1. The summed E-state index contributed by atoms with van der Waals surface area (Å²) >= 11 is 0. The monoisotopic (exact) mass is 429 g/mol. The summed E-state index contributed by atoms with van der Waals surface area (Å²) in [5.41, 5.74) is 6.75. The predicted molar refractivity (Wildman–Crippen MR) is 112 cm³/mol. The molecule has 0 aliphatic carbocycles. The lowest BCUT2D eigenvalue weighted by molar-refractivity contribution is -0.117. The summed E-state index contributed by atoms with van der Waals surface area (Å²) in [6, 6.07) is 7.80. The number of hydrogen-bond acceptors (Lipinski definition) is 6. The fraction of sp³-hybridized carbons (Fsp3) is 0.273. The fourth-order valence-electron chi connectivity index (χ4n) is 3.61. The van der Waals surface area contributed by atoms with Crippen molar-refractivity contribution in [1.29, 1.82) is 0 Å². The Kier molecular flexibility index (Phi) is 5.85. The van der Waals surface area contributed by atoms with E-state index in [-0.39, 0.29) is 24.1 Å². The molecular formula is C22H21F2N3O4. The number of carbonyl (C=O) groups is 1. The number of rotatable bonds is 6. The maximum absolute atomic E-state index is 13.5. The molecule has 0 saturated carbocycles. The Morgan fingerprint density at radius 3 is 2.45 bits per heavy atom. The van der Waals surface area contributed by atoms with Crippen molar-refractivity contribution in [1.82, 2.24) is 0 Å². The molecule has 0 atom stereocenters. The minimum atomic E-state index is -0.712. The molecule has 1 fully saturated rings. The van der Waals surface area contributed by atoms with Crippen LogP contribution in [0.25, 0.3) is 11.0 Å². The van der Waals surface area contributed by atoms with Gasteiger partial charge in [0, 0.05) is 43.0 Å². The van der Waals surface area contributed by atoms with E-state index in [1.165, 1.54) is 6.07 Å². The van der Waals surface area contributed by atoms with Gasteiger partial charge in [0.1, 0.15) is 17.2 Å². The van der Waals surface area contributed by atoms with E-state index in [9.17, 15) is 18.4 Å². The van der Waals surface area contributed by atoms with Crippen LogP contribution in [0.3, 0.4) is 0 Å². The maximum Gasteiger partial charge on any atom is 0.221 e. The van der Waals surface area contributed by atoms with E-state index < -0.39 is 17.5 Å². The normalized spacial score (nSPS) is 14.1. The highest BCUT2D eigenvalue weighted by Crippen LogP contribution is 2.26. The first-order chi connectivity index (χ1) is 14.9.